The SMILES string of the molecule is CC(Sc1nnc(-c2ccccc2F)n1Cc1ccccc1)C(=O)Nc1ccc(F)cc1Cl. The van der Waals surface area contributed by atoms with Gasteiger partial charge in [-0.3, -0.25) is 9.36 Å². The van der Waals surface area contributed by atoms with Crippen LogP contribution in [0.15, 0.2) is 78.0 Å². The first-order valence-electron chi connectivity index (χ1n) is 10.1. The van der Waals surface area contributed by atoms with Crippen LogP contribution < -0.4 is 5.32 Å². The van der Waals surface area contributed by atoms with E-state index >= 15 is 0 Å². The number of amides is 1. The average molecular weight is 485 g/mol. The molecule has 1 heterocycles. The van der Waals surface area contributed by atoms with Gasteiger partial charge in [-0.2, -0.15) is 0 Å². The van der Waals surface area contributed by atoms with Crippen LogP contribution >= 0.6 is 23.4 Å². The quantitative estimate of drug-likeness (QED) is 0.325. The first-order chi connectivity index (χ1) is 15.9. The van der Waals surface area contributed by atoms with E-state index in [-0.39, 0.29) is 10.9 Å². The Hall–Kier alpha value is -3.23. The van der Waals surface area contributed by atoms with Crippen LogP contribution in [0.1, 0.15) is 12.5 Å². The Balaban J connectivity index is 1.61. The molecule has 33 heavy (non-hydrogen) atoms. The predicted octanol–water partition coefficient (Wildman–Crippen LogP) is 6.04. The Morgan fingerprint density at radius 1 is 1.06 bits per heavy atom. The van der Waals surface area contributed by atoms with E-state index in [1.165, 1.54) is 30.0 Å². The molecule has 1 atom stereocenters. The average Bonchev–Trinajstić information content (AvgIpc) is 3.18. The maximum Gasteiger partial charge on any atom is 0.237 e. The largest absolute Gasteiger partial charge is 0.324 e. The highest BCUT2D eigenvalue weighted by Crippen LogP contribution is 2.30. The van der Waals surface area contributed by atoms with Crippen LogP contribution in [-0.4, -0.2) is 25.9 Å². The molecular weight excluding hydrogens is 466 g/mol. The smallest absolute Gasteiger partial charge is 0.237 e. The van der Waals surface area contributed by atoms with E-state index in [1.54, 1.807) is 29.7 Å². The van der Waals surface area contributed by atoms with Gasteiger partial charge < -0.3 is 5.32 Å². The summed E-state index contributed by atoms with van der Waals surface area (Å²) in [5.74, 6) is -0.869. The molecule has 1 aromatic heterocycles. The molecule has 1 amide bonds. The minimum absolute atomic E-state index is 0.106. The minimum Gasteiger partial charge on any atom is -0.324 e. The monoisotopic (exact) mass is 484 g/mol. The van der Waals surface area contributed by atoms with Crippen LogP contribution in [0.3, 0.4) is 0 Å². The second-order valence-electron chi connectivity index (χ2n) is 7.23. The van der Waals surface area contributed by atoms with E-state index in [4.69, 9.17) is 11.6 Å². The molecule has 1 N–H and O–H groups in total. The third-order valence-corrected chi connectivity index (χ3v) is 6.25. The lowest BCUT2D eigenvalue weighted by molar-refractivity contribution is -0.115. The molecule has 5 nitrogen and oxygen atoms in total. The summed E-state index contributed by atoms with van der Waals surface area (Å²) < 4.78 is 29.6. The highest BCUT2D eigenvalue weighted by molar-refractivity contribution is 8.00. The highest BCUT2D eigenvalue weighted by atomic mass is 35.5. The maximum atomic E-state index is 14.5. The van der Waals surface area contributed by atoms with Crippen molar-refractivity contribution in [1.82, 2.24) is 14.8 Å². The number of rotatable bonds is 7. The Bertz CT molecular complexity index is 1280. The van der Waals surface area contributed by atoms with Crippen molar-refractivity contribution in [2.75, 3.05) is 5.32 Å². The molecule has 0 radical (unpaired) electrons. The van der Waals surface area contributed by atoms with E-state index in [9.17, 15) is 13.6 Å². The second-order valence-corrected chi connectivity index (χ2v) is 8.95. The molecular formula is C24H19ClF2N4OS. The van der Waals surface area contributed by atoms with E-state index in [0.29, 0.717) is 28.8 Å². The highest BCUT2D eigenvalue weighted by Gasteiger charge is 2.23. The van der Waals surface area contributed by atoms with Gasteiger partial charge in [0.05, 0.1) is 28.1 Å². The summed E-state index contributed by atoms with van der Waals surface area (Å²) in [4.78, 5) is 12.8. The molecule has 4 rings (SSSR count). The summed E-state index contributed by atoms with van der Waals surface area (Å²) >= 11 is 7.20. The van der Waals surface area contributed by atoms with Crippen molar-refractivity contribution in [3.63, 3.8) is 0 Å². The van der Waals surface area contributed by atoms with Crippen molar-refractivity contribution in [1.29, 1.82) is 0 Å². The van der Waals surface area contributed by atoms with Gasteiger partial charge in [-0.15, -0.1) is 10.2 Å². The second kappa shape index (κ2) is 10.1. The molecule has 3 aromatic carbocycles. The number of hydrogen-bond donors (Lipinski definition) is 1. The van der Waals surface area contributed by atoms with Gasteiger partial charge in [-0.05, 0) is 42.8 Å². The lowest BCUT2D eigenvalue weighted by Gasteiger charge is -2.15. The summed E-state index contributed by atoms with van der Waals surface area (Å²) in [6.45, 7) is 2.11. The zero-order chi connectivity index (χ0) is 23.4. The lowest BCUT2D eigenvalue weighted by Crippen LogP contribution is -2.23. The summed E-state index contributed by atoms with van der Waals surface area (Å²) in [7, 11) is 0. The van der Waals surface area contributed by atoms with Crippen LogP contribution in [0.25, 0.3) is 11.4 Å². The normalized spacial score (nSPS) is 11.9. The van der Waals surface area contributed by atoms with Gasteiger partial charge in [0.15, 0.2) is 11.0 Å². The van der Waals surface area contributed by atoms with Crippen LogP contribution in [0.2, 0.25) is 5.02 Å². The van der Waals surface area contributed by atoms with Crippen LogP contribution in [0.4, 0.5) is 14.5 Å². The first-order valence-corrected chi connectivity index (χ1v) is 11.3. The molecule has 168 valence electrons. The van der Waals surface area contributed by atoms with E-state index in [1.807, 2.05) is 30.3 Å². The molecule has 0 aliphatic carbocycles. The first kappa shape index (κ1) is 22.9. The standard InChI is InChI=1S/C24H19ClF2N4OS/c1-15(23(32)28-21-12-11-17(26)13-19(21)25)33-24-30-29-22(18-9-5-6-10-20(18)27)31(24)14-16-7-3-2-4-8-16/h2-13,15H,14H2,1H3,(H,28,32). The van der Waals surface area contributed by atoms with E-state index < -0.39 is 16.9 Å². The fourth-order valence-corrected chi connectivity index (χ4v) is 4.23. The fraction of sp³-hybridized carbons (Fsp3) is 0.125. The fourth-order valence-electron chi connectivity index (χ4n) is 3.16. The number of hydrogen-bond acceptors (Lipinski definition) is 4. The molecule has 4 aromatic rings. The molecule has 0 bridgehead atoms. The van der Waals surface area contributed by atoms with Crippen molar-refractivity contribution in [3.05, 3.63) is 95.0 Å². The van der Waals surface area contributed by atoms with E-state index in [2.05, 4.69) is 15.5 Å². The molecule has 0 aliphatic rings. The lowest BCUT2D eigenvalue weighted by atomic mass is 10.2. The number of benzene rings is 3. The minimum atomic E-state index is -0.585. The molecule has 0 fully saturated rings. The Labute approximate surface area is 198 Å². The Kier molecular flexibility index (Phi) is 7.05. The summed E-state index contributed by atoms with van der Waals surface area (Å²) in [5.41, 5.74) is 1.61. The van der Waals surface area contributed by atoms with Gasteiger partial charge >= 0.3 is 0 Å². The topological polar surface area (TPSA) is 59.8 Å². The van der Waals surface area contributed by atoms with Crippen molar-refractivity contribution in [2.24, 2.45) is 0 Å². The summed E-state index contributed by atoms with van der Waals surface area (Å²) in [5, 5.41) is 11.1. The molecule has 0 saturated heterocycles. The number of thioether (sulfide) groups is 1. The van der Waals surface area contributed by atoms with Crippen LogP contribution in [0.5, 0.6) is 0 Å². The van der Waals surface area contributed by atoms with Gasteiger partial charge in [0, 0.05) is 0 Å². The van der Waals surface area contributed by atoms with Crippen molar-refractivity contribution in [2.45, 2.75) is 23.9 Å². The van der Waals surface area contributed by atoms with Crippen LogP contribution in [0, 0.1) is 11.6 Å². The number of carbonyl (C=O) groups excluding carboxylic acids is 1. The molecule has 0 spiro atoms. The molecule has 0 aliphatic heterocycles. The zero-order valence-corrected chi connectivity index (χ0v) is 19.1. The number of nitrogens with zero attached hydrogens (tertiary/aromatic N) is 3. The van der Waals surface area contributed by atoms with Gasteiger partial charge in [0.2, 0.25) is 5.91 Å². The third kappa shape index (κ3) is 5.40. The van der Waals surface area contributed by atoms with Gasteiger partial charge in [0.1, 0.15) is 11.6 Å². The third-order valence-electron chi connectivity index (χ3n) is 4.86. The number of halogens is 3. The Morgan fingerprint density at radius 3 is 2.52 bits per heavy atom. The van der Waals surface area contributed by atoms with Crippen molar-refractivity contribution >= 4 is 35.0 Å². The van der Waals surface area contributed by atoms with Crippen molar-refractivity contribution < 1.29 is 13.6 Å². The molecule has 1 unspecified atom stereocenters. The van der Waals surface area contributed by atoms with Crippen LogP contribution in [-0.2, 0) is 11.3 Å². The van der Waals surface area contributed by atoms with Gasteiger partial charge in [-0.1, -0.05) is 65.8 Å². The van der Waals surface area contributed by atoms with Crippen molar-refractivity contribution in [3.8, 4) is 11.4 Å². The zero-order valence-electron chi connectivity index (χ0n) is 17.5. The Morgan fingerprint density at radius 2 is 1.79 bits per heavy atom. The molecule has 9 heteroatoms. The summed E-state index contributed by atoms with van der Waals surface area (Å²) in [6.07, 6.45) is 0. The predicted molar refractivity (Wildman–Crippen MR) is 126 cm³/mol. The number of aromatic nitrogens is 3. The summed E-state index contributed by atoms with van der Waals surface area (Å²) in [6, 6.07) is 19.7. The van der Waals surface area contributed by atoms with E-state index in [0.717, 1.165) is 11.6 Å². The number of nitrogens with one attached hydrogen (secondary N) is 1. The number of carbonyl (C=O) groups is 1. The number of anilines is 1. The molecule has 0 saturated carbocycles. The maximum absolute atomic E-state index is 14.5. The van der Waals surface area contributed by atoms with Gasteiger partial charge in [-0.25, -0.2) is 8.78 Å². The van der Waals surface area contributed by atoms with Gasteiger partial charge in [0.25, 0.3) is 0 Å².